The maximum Gasteiger partial charge on any atom is 0.355 e. The Morgan fingerprint density at radius 2 is 2.11 bits per heavy atom. The van der Waals surface area contributed by atoms with Gasteiger partial charge in [0, 0.05) is 29.4 Å². The molecule has 0 unspecified atom stereocenters. The molecule has 4 heteroatoms. The number of hydrogen-bond acceptors (Lipinski definition) is 3. The summed E-state index contributed by atoms with van der Waals surface area (Å²) in [4.78, 5) is 15.9. The highest BCUT2D eigenvalue weighted by atomic mass is 16.5. The number of carbonyl (C=O) groups excluding carboxylic acids is 1. The first-order valence-corrected chi connectivity index (χ1v) is 5.90. The molecular formula is C15H12N2O2. The van der Waals surface area contributed by atoms with Gasteiger partial charge in [-0.25, -0.2) is 4.79 Å². The lowest BCUT2D eigenvalue weighted by atomic mass is 10.1. The van der Waals surface area contributed by atoms with Crippen LogP contribution in [-0.2, 0) is 4.74 Å². The smallest absolute Gasteiger partial charge is 0.355 e. The van der Waals surface area contributed by atoms with Gasteiger partial charge in [0.2, 0.25) is 0 Å². The van der Waals surface area contributed by atoms with E-state index < -0.39 is 0 Å². The average Bonchev–Trinajstić information content (AvgIpc) is 2.95. The van der Waals surface area contributed by atoms with E-state index in [9.17, 15) is 4.79 Å². The van der Waals surface area contributed by atoms with Gasteiger partial charge in [0.15, 0.2) is 0 Å². The maximum atomic E-state index is 11.7. The van der Waals surface area contributed by atoms with Crippen molar-refractivity contribution in [2.75, 3.05) is 7.11 Å². The third-order valence-electron chi connectivity index (χ3n) is 3.06. The Bertz CT molecular complexity index is 741. The predicted molar refractivity (Wildman–Crippen MR) is 72.4 cm³/mol. The Kier molecular flexibility index (Phi) is 2.76. The van der Waals surface area contributed by atoms with Crippen molar-refractivity contribution in [1.29, 1.82) is 0 Å². The van der Waals surface area contributed by atoms with E-state index in [1.165, 1.54) is 7.11 Å². The van der Waals surface area contributed by atoms with E-state index in [4.69, 9.17) is 4.74 Å². The van der Waals surface area contributed by atoms with Crippen molar-refractivity contribution in [1.82, 2.24) is 9.55 Å². The molecule has 0 atom stereocenters. The Morgan fingerprint density at radius 1 is 1.21 bits per heavy atom. The third-order valence-corrected chi connectivity index (χ3v) is 3.06. The lowest BCUT2D eigenvalue weighted by molar-refractivity contribution is 0.0592. The molecule has 3 rings (SSSR count). The number of pyridine rings is 1. The Balaban J connectivity index is 2.26. The minimum atomic E-state index is -0.351. The van der Waals surface area contributed by atoms with Crippen LogP contribution in [0.25, 0.3) is 16.5 Å². The summed E-state index contributed by atoms with van der Waals surface area (Å²) in [6, 6.07) is 11.4. The molecule has 0 N–H and O–H groups in total. The molecule has 3 aromatic rings. The summed E-state index contributed by atoms with van der Waals surface area (Å²) in [5.41, 5.74) is 1.44. The van der Waals surface area contributed by atoms with Gasteiger partial charge in [-0.1, -0.05) is 12.1 Å². The van der Waals surface area contributed by atoms with E-state index >= 15 is 0 Å². The molecule has 2 aromatic heterocycles. The maximum absolute atomic E-state index is 11.7. The molecule has 94 valence electrons. The normalized spacial score (nSPS) is 10.6. The molecule has 2 heterocycles. The first-order chi connectivity index (χ1) is 9.31. The van der Waals surface area contributed by atoms with E-state index in [1.807, 2.05) is 41.1 Å². The number of esters is 1. The quantitative estimate of drug-likeness (QED) is 0.659. The number of benzene rings is 1. The summed E-state index contributed by atoms with van der Waals surface area (Å²) in [6.07, 6.45) is 5.40. The van der Waals surface area contributed by atoms with Gasteiger partial charge < -0.3 is 9.30 Å². The first-order valence-electron chi connectivity index (χ1n) is 5.90. The first kappa shape index (κ1) is 11.5. The fourth-order valence-electron chi connectivity index (χ4n) is 2.18. The Hall–Kier alpha value is -2.62. The average molecular weight is 252 g/mol. The number of aromatic nitrogens is 2. The number of carbonyl (C=O) groups is 1. The standard InChI is InChI=1S/C15H12N2O2/c1-19-15(18)14-6-3-9-17(14)13-5-2-4-11-10-16-8-7-12(11)13/h2-10H,1H3. The number of rotatable bonds is 2. The van der Waals surface area contributed by atoms with Gasteiger partial charge >= 0.3 is 5.97 Å². The molecule has 0 spiro atoms. The largest absolute Gasteiger partial charge is 0.464 e. The SMILES string of the molecule is COC(=O)c1cccn1-c1cccc2cnccc12. The monoisotopic (exact) mass is 252 g/mol. The van der Waals surface area contributed by atoms with Crippen LogP contribution in [0.3, 0.4) is 0 Å². The molecule has 1 aromatic carbocycles. The van der Waals surface area contributed by atoms with Gasteiger partial charge in [-0.05, 0) is 24.3 Å². The fraction of sp³-hybridized carbons (Fsp3) is 0.0667. The second-order valence-corrected chi connectivity index (χ2v) is 4.13. The van der Waals surface area contributed by atoms with Crippen molar-refractivity contribution in [2.24, 2.45) is 0 Å². The topological polar surface area (TPSA) is 44.1 Å². The minimum Gasteiger partial charge on any atom is -0.464 e. The summed E-state index contributed by atoms with van der Waals surface area (Å²) >= 11 is 0. The zero-order valence-electron chi connectivity index (χ0n) is 10.4. The van der Waals surface area contributed by atoms with Crippen LogP contribution in [-0.4, -0.2) is 22.6 Å². The molecule has 0 bridgehead atoms. The number of ether oxygens (including phenoxy) is 1. The summed E-state index contributed by atoms with van der Waals surface area (Å²) in [5, 5.41) is 2.07. The highest BCUT2D eigenvalue weighted by Crippen LogP contribution is 2.23. The Labute approximate surface area is 110 Å². The number of hydrogen-bond donors (Lipinski definition) is 0. The molecule has 0 saturated carbocycles. The molecule has 0 aliphatic carbocycles. The molecule has 0 saturated heterocycles. The van der Waals surface area contributed by atoms with Gasteiger partial charge in [0.1, 0.15) is 5.69 Å². The predicted octanol–water partition coefficient (Wildman–Crippen LogP) is 2.81. The molecule has 0 aliphatic rings. The molecule has 4 nitrogen and oxygen atoms in total. The van der Waals surface area contributed by atoms with E-state index in [2.05, 4.69) is 4.98 Å². The zero-order chi connectivity index (χ0) is 13.2. The van der Waals surface area contributed by atoms with E-state index in [1.54, 1.807) is 18.5 Å². The van der Waals surface area contributed by atoms with E-state index in [-0.39, 0.29) is 5.97 Å². The van der Waals surface area contributed by atoms with Gasteiger partial charge in [0.05, 0.1) is 12.8 Å². The second kappa shape index (κ2) is 4.57. The molecule has 0 fully saturated rings. The third kappa shape index (κ3) is 1.87. The van der Waals surface area contributed by atoms with Crippen LogP contribution in [0.1, 0.15) is 10.5 Å². The Morgan fingerprint density at radius 3 is 2.95 bits per heavy atom. The van der Waals surface area contributed by atoms with Crippen molar-refractivity contribution < 1.29 is 9.53 Å². The summed E-state index contributed by atoms with van der Waals surface area (Å²) in [7, 11) is 1.38. The van der Waals surface area contributed by atoms with Crippen molar-refractivity contribution >= 4 is 16.7 Å². The van der Waals surface area contributed by atoms with E-state index in [0.29, 0.717) is 5.69 Å². The number of fused-ring (bicyclic) bond motifs is 1. The zero-order valence-corrected chi connectivity index (χ0v) is 10.4. The van der Waals surface area contributed by atoms with Gasteiger partial charge in [-0.3, -0.25) is 4.98 Å². The van der Waals surface area contributed by atoms with Crippen LogP contribution in [0, 0.1) is 0 Å². The van der Waals surface area contributed by atoms with Crippen molar-refractivity contribution in [2.45, 2.75) is 0 Å². The van der Waals surface area contributed by atoms with Crippen LogP contribution >= 0.6 is 0 Å². The van der Waals surface area contributed by atoms with Crippen LogP contribution in [0.15, 0.2) is 55.0 Å². The highest BCUT2D eigenvalue weighted by Gasteiger charge is 2.13. The van der Waals surface area contributed by atoms with Gasteiger partial charge in [-0.2, -0.15) is 0 Å². The minimum absolute atomic E-state index is 0.351. The number of nitrogens with zero attached hydrogens (tertiary/aromatic N) is 2. The van der Waals surface area contributed by atoms with Crippen molar-refractivity contribution in [3.8, 4) is 5.69 Å². The molecular weight excluding hydrogens is 240 g/mol. The van der Waals surface area contributed by atoms with E-state index in [0.717, 1.165) is 16.5 Å². The highest BCUT2D eigenvalue weighted by molar-refractivity contribution is 5.93. The summed E-state index contributed by atoms with van der Waals surface area (Å²) in [5.74, 6) is -0.351. The van der Waals surface area contributed by atoms with Crippen LogP contribution in [0.2, 0.25) is 0 Å². The van der Waals surface area contributed by atoms with Gasteiger partial charge in [0.25, 0.3) is 0 Å². The molecule has 19 heavy (non-hydrogen) atoms. The molecule has 0 amide bonds. The van der Waals surface area contributed by atoms with Crippen molar-refractivity contribution in [3.05, 3.63) is 60.7 Å². The lowest BCUT2D eigenvalue weighted by Gasteiger charge is -2.10. The molecule has 0 aliphatic heterocycles. The van der Waals surface area contributed by atoms with Crippen LogP contribution < -0.4 is 0 Å². The van der Waals surface area contributed by atoms with Crippen molar-refractivity contribution in [3.63, 3.8) is 0 Å². The van der Waals surface area contributed by atoms with Crippen LogP contribution in [0.5, 0.6) is 0 Å². The lowest BCUT2D eigenvalue weighted by Crippen LogP contribution is -2.08. The van der Waals surface area contributed by atoms with Crippen LogP contribution in [0.4, 0.5) is 0 Å². The fourth-order valence-corrected chi connectivity index (χ4v) is 2.18. The molecule has 0 radical (unpaired) electrons. The summed E-state index contributed by atoms with van der Waals surface area (Å²) < 4.78 is 6.62. The second-order valence-electron chi connectivity index (χ2n) is 4.13. The summed E-state index contributed by atoms with van der Waals surface area (Å²) in [6.45, 7) is 0. The van der Waals surface area contributed by atoms with Gasteiger partial charge in [-0.15, -0.1) is 0 Å². The number of methoxy groups -OCH3 is 1.